The summed E-state index contributed by atoms with van der Waals surface area (Å²) in [6.45, 7) is 7.47. The van der Waals surface area contributed by atoms with E-state index in [9.17, 15) is 0 Å². The van der Waals surface area contributed by atoms with Crippen LogP contribution in [-0.2, 0) is 0 Å². The van der Waals surface area contributed by atoms with E-state index in [-0.39, 0.29) is 0 Å². The molecular formula is C13H25N. The summed E-state index contributed by atoms with van der Waals surface area (Å²) in [6.07, 6.45) is 7.50. The van der Waals surface area contributed by atoms with E-state index < -0.39 is 0 Å². The van der Waals surface area contributed by atoms with Crippen LogP contribution in [0.1, 0.15) is 46.0 Å². The zero-order valence-electron chi connectivity index (χ0n) is 10.1. The first-order chi connectivity index (χ1) is 6.61. The Balaban J connectivity index is 2.03. The van der Waals surface area contributed by atoms with Crippen LogP contribution in [0.25, 0.3) is 0 Å². The quantitative estimate of drug-likeness (QED) is 0.621. The predicted octanol–water partition coefficient (Wildman–Crippen LogP) is 3.15. The smallest absolute Gasteiger partial charge is 0.000926 e. The summed E-state index contributed by atoms with van der Waals surface area (Å²) in [4.78, 5) is 2.55. The minimum absolute atomic E-state index is 0.777. The lowest BCUT2D eigenvalue weighted by atomic mass is 9.62. The summed E-state index contributed by atoms with van der Waals surface area (Å²) in [5.74, 6) is 1.82. The van der Waals surface area contributed by atoms with Gasteiger partial charge in [0.1, 0.15) is 0 Å². The second-order valence-electron chi connectivity index (χ2n) is 6.07. The van der Waals surface area contributed by atoms with Gasteiger partial charge in [0.05, 0.1) is 0 Å². The monoisotopic (exact) mass is 195 g/mol. The van der Waals surface area contributed by atoms with Crippen molar-refractivity contribution in [3.63, 3.8) is 0 Å². The second-order valence-corrected chi connectivity index (χ2v) is 6.07. The lowest BCUT2D eigenvalue weighted by Crippen LogP contribution is -2.32. The molecule has 0 aromatic carbocycles. The van der Waals surface area contributed by atoms with Crippen molar-refractivity contribution in [3.05, 3.63) is 0 Å². The molecule has 2 fully saturated rings. The van der Waals surface area contributed by atoms with Crippen molar-refractivity contribution < 1.29 is 0 Å². The van der Waals surface area contributed by atoms with Crippen LogP contribution >= 0.6 is 0 Å². The zero-order valence-corrected chi connectivity index (χ0v) is 10.1. The zero-order chi connectivity index (χ0) is 10.2. The highest BCUT2D eigenvalue weighted by Crippen LogP contribution is 2.50. The molecule has 1 heterocycles. The van der Waals surface area contributed by atoms with E-state index in [1.54, 1.807) is 0 Å². The van der Waals surface area contributed by atoms with Crippen molar-refractivity contribution >= 4 is 0 Å². The van der Waals surface area contributed by atoms with Crippen molar-refractivity contribution in [1.29, 1.82) is 0 Å². The second kappa shape index (κ2) is 3.84. The van der Waals surface area contributed by atoms with E-state index in [2.05, 4.69) is 25.8 Å². The Morgan fingerprint density at radius 1 is 1.21 bits per heavy atom. The molecule has 1 nitrogen and oxygen atoms in total. The minimum atomic E-state index is 0.777. The van der Waals surface area contributed by atoms with Crippen molar-refractivity contribution in [2.45, 2.75) is 46.0 Å². The van der Waals surface area contributed by atoms with Gasteiger partial charge in [0.25, 0.3) is 0 Å². The van der Waals surface area contributed by atoms with Crippen molar-refractivity contribution in [3.8, 4) is 0 Å². The van der Waals surface area contributed by atoms with Gasteiger partial charge in [0, 0.05) is 6.54 Å². The van der Waals surface area contributed by atoms with Gasteiger partial charge in [-0.15, -0.1) is 0 Å². The van der Waals surface area contributed by atoms with Gasteiger partial charge in [-0.2, -0.15) is 0 Å². The number of hydrogen-bond acceptors (Lipinski definition) is 1. The van der Waals surface area contributed by atoms with E-state index in [1.807, 2.05) is 0 Å². The molecule has 0 radical (unpaired) electrons. The molecule has 0 aromatic rings. The largest absolute Gasteiger partial charge is 0.306 e. The van der Waals surface area contributed by atoms with Crippen LogP contribution in [0, 0.1) is 17.3 Å². The Morgan fingerprint density at radius 3 is 2.43 bits per heavy atom. The molecule has 1 saturated carbocycles. The van der Waals surface area contributed by atoms with E-state index in [4.69, 9.17) is 0 Å². The molecule has 2 rings (SSSR count). The summed E-state index contributed by atoms with van der Waals surface area (Å²) in [5.41, 5.74) is 0.777. The molecule has 1 heteroatoms. The summed E-state index contributed by atoms with van der Waals surface area (Å²) >= 11 is 0. The molecule has 2 aliphatic rings. The van der Waals surface area contributed by atoms with Crippen LogP contribution in [-0.4, -0.2) is 25.0 Å². The Kier molecular flexibility index (Phi) is 2.88. The molecule has 1 saturated heterocycles. The first-order valence-corrected chi connectivity index (χ1v) is 6.30. The molecule has 0 bridgehead atoms. The van der Waals surface area contributed by atoms with Gasteiger partial charge >= 0.3 is 0 Å². The van der Waals surface area contributed by atoms with Crippen LogP contribution in [0.3, 0.4) is 0 Å². The fourth-order valence-corrected chi connectivity index (χ4v) is 3.22. The molecule has 82 valence electrons. The topological polar surface area (TPSA) is 3.24 Å². The Morgan fingerprint density at radius 2 is 1.93 bits per heavy atom. The molecule has 1 unspecified atom stereocenters. The normalized spacial score (nSPS) is 33.0. The molecule has 0 amide bonds. The third kappa shape index (κ3) is 1.98. The molecule has 1 aliphatic heterocycles. The van der Waals surface area contributed by atoms with Gasteiger partial charge in [0.2, 0.25) is 0 Å². The highest BCUT2D eigenvalue weighted by atomic mass is 15.1. The van der Waals surface area contributed by atoms with Crippen LogP contribution < -0.4 is 0 Å². The number of hydrogen-bond donors (Lipinski definition) is 0. The molecular weight excluding hydrogens is 170 g/mol. The predicted molar refractivity (Wildman–Crippen MR) is 61.3 cm³/mol. The molecule has 1 spiro atoms. The van der Waals surface area contributed by atoms with Gasteiger partial charge in [0.15, 0.2) is 0 Å². The molecule has 1 atom stereocenters. The van der Waals surface area contributed by atoms with Gasteiger partial charge in [-0.1, -0.05) is 20.3 Å². The number of likely N-dealkylation sites (tertiary alicyclic amines) is 1. The average molecular weight is 195 g/mol. The SMILES string of the molecule is CC(C)C1CN(C)CCC2(CCC2)C1. The third-order valence-electron chi connectivity index (χ3n) is 4.62. The molecule has 14 heavy (non-hydrogen) atoms. The van der Waals surface area contributed by atoms with E-state index in [1.165, 1.54) is 45.2 Å². The number of rotatable bonds is 1. The van der Waals surface area contributed by atoms with Crippen molar-refractivity contribution in [1.82, 2.24) is 4.90 Å². The fourth-order valence-electron chi connectivity index (χ4n) is 3.22. The first-order valence-electron chi connectivity index (χ1n) is 6.30. The van der Waals surface area contributed by atoms with Crippen LogP contribution in [0.5, 0.6) is 0 Å². The lowest BCUT2D eigenvalue weighted by molar-refractivity contribution is 0.0858. The maximum Gasteiger partial charge on any atom is 0.000926 e. The Labute approximate surface area is 88.9 Å². The minimum Gasteiger partial charge on any atom is -0.306 e. The Bertz CT molecular complexity index is 193. The van der Waals surface area contributed by atoms with Gasteiger partial charge in [-0.25, -0.2) is 0 Å². The van der Waals surface area contributed by atoms with Crippen LogP contribution in [0.4, 0.5) is 0 Å². The van der Waals surface area contributed by atoms with Gasteiger partial charge in [-0.05, 0) is 56.5 Å². The first kappa shape index (κ1) is 10.5. The van der Waals surface area contributed by atoms with E-state index in [0.29, 0.717) is 0 Å². The highest BCUT2D eigenvalue weighted by Gasteiger charge is 2.41. The molecule has 0 aromatic heterocycles. The summed E-state index contributed by atoms with van der Waals surface area (Å²) in [7, 11) is 2.30. The summed E-state index contributed by atoms with van der Waals surface area (Å²) in [6, 6.07) is 0. The van der Waals surface area contributed by atoms with E-state index >= 15 is 0 Å². The lowest BCUT2D eigenvalue weighted by Gasteiger charge is -2.43. The third-order valence-corrected chi connectivity index (χ3v) is 4.62. The number of nitrogens with zero attached hydrogens (tertiary/aromatic N) is 1. The summed E-state index contributed by atoms with van der Waals surface area (Å²) < 4.78 is 0. The van der Waals surface area contributed by atoms with Crippen LogP contribution in [0.2, 0.25) is 0 Å². The van der Waals surface area contributed by atoms with Gasteiger partial charge < -0.3 is 4.90 Å². The molecule has 1 aliphatic carbocycles. The van der Waals surface area contributed by atoms with Crippen molar-refractivity contribution in [2.75, 3.05) is 20.1 Å². The van der Waals surface area contributed by atoms with Crippen molar-refractivity contribution in [2.24, 2.45) is 17.3 Å². The van der Waals surface area contributed by atoms with Gasteiger partial charge in [-0.3, -0.25) is 0 Å². The average Bonchev–Trinajstić information content (AvgIpc) is 2.23. The fraction of sp³-hybridized carbons (Fsp3) is 1.00. The molecule has 0 N–H and O–H groups in total. The maximum atomic E-state index is 2.55. The highest BCUT2D eigenvalue weighted by molar-refractivity contribution is 4.93. The summed E-state index contributed by atoms with van der Waals surface area (Å²) in [5, 5.41) is 0. The van der Waals surface area contributed by atoms with Crippen LogP contribution in [0.15, 0.2) is 0 Å². The Hall–Kier alpha value is -0.0400. The van der Waals surface area contributed by atoms with E-state index in [0.717, 1.165) is 17.3 Å². The standard InChI is InChI=1S/C13H25N/c1-11(2)12-9-13(5-4-6-13)7-8-14(3)10-12/h11-12H,4-10H2,1-3H3. The maximum absolute atomic E-state index is 2.55.